The van der Waals surface area contributed by atoms with Gasteiger partial charge in [0, 0.05) is 18.7 Å². The number of methoxy groups -OCH3 is 1. The zero-order valence-corrected chi connectivity index (χ0v) is 12.5. The highest BCUT2D eigenvalue weighted by atomic mass is 35.5. The number of sulfonamides is 1. The third-order valence-electron chi connectivity index (χ3n) is 3.01. The molecule has 1 heterocycles. The minimum Gasteiger partial charge on any atom is -0.465 e. The molecular weight excluding hydrogens is 308 g/mol. The van der Waals surface area contributed by atoms with E-state index < -0.39 is 16.0 Å². The number of nitrogens with one attached hydrogen (secondary N) is 1. The normalized spacial score (nSPS) is 16.3. The summed E-state index contributed by atoms with van der Waals surface area (Å²) < 4.78 is 36.0. The SMILES string of the molecule is COC(=O)c1coc(S(=O)(=O)NC(CN)C2CC2)c1.Cl. The predicted octanol–water partition coefficient (Wildman–Crippen LogP) is 0.504. The Labute approximate surface area is 123 Å². The maximum absolute atomic E-state index is 12.0. The minimum atomic E-state index is -3.80. The first-order valence-electron chi connectivity index (χ1n) is 5.87. The lowest BCUT2D eigenvalue weighted by Crippen LogP contribution is -2.41. The van der Waals surface area contributed by atoms with Crippen LogP contribution in [0.15, 0.2) is 21.8 Å². The summed E-state index contributed by atoms with van der Waals surface area (Å²) in [7, 11) is -2.59. The molecule has 3 N–H and O–H groups in total. The third kappa shape index (κ3) is 3.72. The Balaban J connectivity index is 0.00000200. The van der Waals surface area contributed by atoms with Gasteiger partial charge in [0.2, 0.25) is 5.09 Å². The predicted molar refractivity (Wildman–Crippen MR) is 73.2 cm³/mol. The van der Waals surface area contributed by atoms with Crippen LogP contribution in [0.1, 0.15) is 23.2 Å². The Bertz CT molecular complexity index is 567. The van der Waals surface area contributed by atoms with E-state index in [2.05, 4.69) is 9.46 Å². The molecule has 0 spiro atoms. The van der Waals surface area contributed by atoms with Gasteiger partial charge < -0.3 is 14.9 Å². The van der Waals surface area contributed by atoms with Gasteiger partial charge in [-0.15, -0.1) is 12.4 Å². The second-order valence-corrected chi connectivity index (χ2v) is 6.09. The Morgan fingerprint density at radius 3 is 2.75 bits per heavy atom. The Hall–Kier alpha value is -1.09. The van der Waals surface area contributed by atoms with Crippen LogP contribution in [0, 0.1) is 5.92 Å². The third-order valence-corrected chi connectivity index (χ3v) is 4.37. The number of carbonyl (C=O) groups is 1. The standard InChI is InChI=1S/C11H16N2O5S.ClH/c1-17-11(14)8-4-10(18-6-8)19(15,16)13-9(5-12)7-2-3-7;/h4,6-7,9,13H,2-3,5,12H2,1H3;1H. The number of rotatable bonds is 6. The molecule has 0 aliphatic heterocycles. The summed E-state index contributed by atoms with van der Waals surface area (Å²) >= 11 is 0. The summed E-state index contributed by atoms with van der Waals surface area (Å²) in [5, 5.41) is -0.313. The average Bonchev–Trinajstić information content (AvgIpc) is 3.10. The Morgan fingerprint density at radius 2 is 2.25 bits per heavy atom. The van der Waals surface area contributed by atoms with E-state index in [0.717, 1.165) is 25.2 Å². The molecular formula is C11H17ClN2O5S. The molecule has 0 bridgehead atoms. The Morgan fingerprint density at radius 1 is 1.60 bits per heavy atom. The fourth-order valence-corrected chi connectivity index (χ4v) is 3.04. The molecule has 1 fully saturated rings. The van der Waals surface area contributed by atoms with E-state index in [1.807, 2.05) is 0 Å². The number of furan rings is 1. The molecule has 0 amide bonds. The second kappa shape index (κ2) is 6.57. The summed E-state index contributed by atoms with van der Waals surface area (Å²) in [6, 6.07) is 0.839. The highest BCUT2D eigenvalue weighted by Gasteiger charge is 2.34. The molecule has 1 aromatic rings. The van der Waals surface area contributed by atoms with E-state index in [0.29, 0.717) is 0 Å². The van der Waals surface area contributed by atoms with Crippen molar-refractivity contribution in [2.45, 2.75) is 24.0 Å². The molecule has 20 heavy (non-hydrogen) atoms. The largest absolute Gasteiger partial charge is 0.465 e. The van der Waals surface area contributed by atoms with Gasteiger partial charge in [-0.2, -0.15) is 0 Å². The number of carbonyl (C=O) groups excluding carboxylic acids is 1. The number of ether oxygens (including phenoxy) is 1. The fraction of sp³-hybridized carbons (Fsp3) is 0.545. The number of hydrogen-bond acceptors (Lipinski definition) is 6. The monoisotopic (exact) mass is 324 g/mol. The highest BCUT2D eigenvalue weighted by Crippen LogP contribution is 2.33. The zero-order chi connectivity index (χ0) is 14.0. The van der Waals surface area contributed by atoms with Crippen LogP contribution in [0.25, 0.3) is 0 Å². The topological polar surface area (TPSA) is 112 Å². The van der Waals surface area contributed by atoms with E-state index in [1.165, 1.54) is 7.11 Å². The quantitative estimate of drug-likeness (QED) is 0.737. The molecule has 0 radical (unpaired) electrons. The number of nitrogens with two attached hydrogens (primary N) is 1. The highest BCUT2D eigenvalue weighted by molar-refractivity contribution is 7.89. The lowest BCUT2D eigenvalue weighted by atomic mass is 10.2. The van der Waals surface area contributed by atoms with Crippen molar-refractivity contribution >= 4 is 28.4 Å². The smallest absolute Gasteiger partial charge is 0.341 e. The minimum absolute atomic E-state index is 0. The van der Waals surface area contributed by atoms with Crippen LogP contribution in [0.5, 0.6) is 0 Å². The van der Waals surface area contributed by atoms with Crippen LogP contribution in [-0.2, 0) is 14.8 Å². The van der Waals surface area contributed by atoms with Crippen molar-refractivity contribution < 1.29 is 22.4 Å². The van der Waals surface area contributed by atoms with Gasteiger partial charge in [0.15, 0.2) is 0 Å². The molecule has 114 valence electrons. The van der Waals surface area contributed by atoms with Crippen molar-refractivity contribution in [3.63, 3.8) is 0 Å². The molecule has 9 heteroatoms. The van der Waals surface area contributed by atoms with Gasteiger partial charge >= 0.3 is 5.97 Å². The van der Waals surface area contributed by atoms with Gasteiger partial charge in [-0.05, 0) is 18.8 Å². The van der Waals surface area contributed by atoms with Gasteiger partial charge in [0.1, 0.15) is 6.26 Å². The van der Waals surface area contributed by atoms with Gasteiger partial charge in [-0.1, -0.05) is 0 Å². The van der Waals surface area contributed by atoms with Crippen LogP contribution in [0.4, 0.5) is 0 Å². The van der Waals surface area contributed by atoms with Gasteiger partial charge in [-0.25, -0.2) is 17.9 Å². The van der Waals surface area contributed by atoms with Gasteiger partial charge in [-0.3, -0.25) is 0 Å². The molecule has 0 saturated heterocycles. The van der Waals surface area contributed by atoms with Crippen LogP contribution >= 0.6 is 12.4 Å². The summed E-state index contributed by atoms with van der Waals surface area (Å²) in [6.45, 7) is 0.231. The van der Waals surface area contributed by atoms with Gasteiger partial charge in [0.05, 0.1) is 12.7 Å². The summed E-state index contributed by atoms with van der Waals surface area (Å²) in [4.78, 5) is 11.2. The van der Waals surface area contributed by atoms with Crippen LogP contribution < -0.4 is 10.5 Å². The zero-order valence-electron chi connectivity index (χ0n) is 10.9. The summed E-state index contributed by atoms with van der Waals surface area (Å²) in [6.07, 6.45) is 2.99. The molecule has 1 aliphatic rings. The first-order valence-corrected chi connectivity index (χ1v) is 7.35. The molecule has 7 nitrogen and oxygen atoms in total. The van der Waals surface area contributed by atoms with Crippen molar-refractivity contribution in [3.05, 3.63) is 17.9 Å². The Kier molecular flexibility index (Phi) is 5.58. The van der Waals surface area contributed by atoms with E-state index in [1.54, 1.807) is 0 Å². The molecule has 1 aliphatic carbocycles. The van der Waals surface area contributed by atoms with Crippen molar-refractivity contribution in [2.75, 3.05) is 13.7 Å². The van der Waals surface area contributed by atoms with Crippen LogP contribution in [-0.4, -0.2) is 34.1 Å². The number of esters is 1. The lowest BCUT2D eigenvalue weighted by molar-refractivity contribution is 0.0600. The fourth-order valence-electron chi connectivity index (χ4n) is 1.78. The van der Waals surface area contributed by atoms with Gasteiger partial charge in [0.25, 0.3) is 10.0 Å². The van der Waals surface area contributed by atoms with Crippen molar-refractivity contribution in [3.8, 4) is 0 Å². The van der Waals surface area contributed by atoms with E-state index >= 15 is 0 Å². The summed E-state index contributed by atoms with van der Waals surface area (Å²) in [5.41, 5.74) is 5.60. The first-order chi connectivity index (χ1) is 8.97. The summed E-state index contributed by atoms with van der Waals surface area (Å²) in [5.74, 6) is -0.363. The molecule has 1 aromatic heterocycles. The maximum Gasteiger partial charge on any atom is 0.341 e. The van der Waals surface area contributed by atoms with Crippen molar-refractivity contribution in [1.29, 1.82) is 0 Å². The molecule has 0 aromatic carbocycles. The van der Waals surface area contributed by atoms with Crippen molar-refractivity contribution in [2.24, 2.45) is 11.7 Å². The lowest BCUT2D eigenvalue weighted by Gasteiger charge is -2.14. The molecule has 2 rings (SSSR count). The first kappa shape index (κ1) is 17.0. The second-order valence-electron chi connectivity index (χ2n) is 4.45. The average molecular weight is 325 g/mol. The molecule has 1 atom stereocenters. The number of halogens is 1. The van der Waals surface area contributed by atoms with Crippen LogP contribution in [0.3, 0.4) is 0 Å². The van der Waals surface area contributed by atoms with E-state index in [4.69, 9.17) is 10.2 Å². The maximum atomic E-state index is 12.0. The molecule has 1 unspecified atom stereocenters. The van der Waals surface area contributed by atoms with E-state index in [9.17, 15) is 13.2 Å². The number of hydrogen-bond donors (Lipinski definition) is 2. The van der Waals surface area contributed by atoms with E-state index in [-0.39, 0.29) is 41.6 Å². The van der Waals surface area contributed by atoms with Crippen LogP contribution in [0.2, 0.25) is 0 Å². The van der Waals surface area contributed by atoms with Crippen molar-refractivity contribution in [1.82, 2.24) is 4.72 Å². The molecule has 1 saturated carbocycles.